The number of rotatable bonds is 6. The average Bonchev–Trinajstić information content (AvgIpc) is 3.04. The smallest absolute Gasteiger partial charge is 0.273 e. The van der Waals surface area contributed by atoms with Crippen molar-refractivity contribution < 1.29 is 9.53 Å². The van der Waals surface area contributed by atoms with E-state index in [1.54, 1.807) is 11.9 Å². The minimum atomic E-state index is -0.157. The number of nitrogens with zero attached hydrogens (tertiary/aromatic N) is 2. The molecule has 0 saturated heterocycles. The highest BCUT2D eigenvalue weighted by molar-refractivity contribution is 5.96. The number of nitrogens with one attached hydrogen (secondary N) is 1. The lowest BCUT2D eigenvalue weighted by Gasteiger charge is -2.16. The number of anilines is 1. The van der Waals surface area contributed by atoms with Crippen LogP contribution in [0.5, 0.6) is 0 Å². The first-order valence-corrected chi connectivity index (χ1v) is 5.80. The van der Waals surface area contributed by atoms with Crippen LogP contribution < -0.4 is 5.73 Å². The first-order chi connectivity index (χ1) is 8.18. The van der Waals surface area contributed by atoms with Crippen LogP contribution in [0.4, 0.5) is 5.69 Å². The molecule has 1 aliphatic carbocycles. The first-order valence-electron chi connectivity index (χ1n) is 5.80. The number of nitrogens with two attached hydrogens (primary N) is 1. The van der Waals surface area contributed by atoms with E-state index in [9.17, 15) is 4.79 Å². The zero-order valence-electron chi connectivity index (χ0n) is 9.98. The Hall–Kier alpha value is -1.56. The topological polar surface area (TPSA) is 84.2 Å². The van der Waals surface area contributed by atoms with Gasteiger partial charge in [0.05, 0.1) is 18.5 Å². The SMILES string of the molecule is CN(CCOCC1CC1)C(=O)c1[nH]ncc1N. The summed E-state index contributed by atoms with van der Waals surface area (Å²) in [7, 11) is 1.73. The Kier molecular flexibility index (Phi) is 3.63. The van der Waals surface area contributed by atoms with Crippen molar-refractivity contribution in [3.05, 3.63) is 11.9 Å². The van der Waals surface area contributed by atoms with Crippen molar-refractivity contribution in [2.75, 3.05) is 32.5 Å². The van der Waals surface area contributed by atoms with E-state index in [2.05, 4.69) is 10.2 Å². The van der Waals surface area contributed by atoms with E-state index in [1.807, 2.05) is 0 Å². The van der Waals surface area contributed by atoms with Gasteiger partial charge in [-0.3, -0.25) is 9.89 Å². The minimum absolute atomic E-state index is 0.157. The van der Waals surface area contributed by atoms with Gasteiger partial charge in [0, 0.05) is 20.2 Å². The maximum absolute atomic E-state index is 11.9. The van der Waals surface area contributed by atoms with E-state index in [4.69, 9.17) is 10.5 Å². The van der Waals surface area contributed by atoms with Crippen LogP contribution in [-0.2, 0) is 4.74 Å². The molecule has 0 radical (unpaired) electrons. The van der Waals surface area contributed by atoms with E-state index in [0.717, 1.165) is 12.5 Å². The summed E-state index contributed by atoms with van der Waals surface area (Å²) < 4.78 is 5.48. The third-order valence-electron chi connectivity index (χ3n) is 2.85. The number of H-pyrrole nitrogens is 1. The molecule has 0 aromatic carbocycles. The van der Waals surface area contributed by atoms with Crippen LogP contribution in [-0.4, -0.2) is 47.8 Å². The van der Waals surface area contributed by atoms with Gasteiger partial charge in [-0.05, 0) is 18.8 Å². The summed E-state index contributed by atoms with van der Waals surface area (Å²) in [6, 6.07) is 0. The van der Waals surface area contributed by atoms with Gasteiger partial charge in [-0.15, -0.1) is 0 Å². The van der Waals surface area contributed by atoms with Crippen LogP contribution >= 0.6 is 0 Å². The third kappa shape index (κ3) is 3.20. The van der Waals surface area contributed by atoms with E-state index in [0.29, 0.717) is 24.5 Å². The highest BCUT2D eigenvalue weighted by atomic mass is 16.5. The number of hydrogen-bond acceptors (Lipinski definition) is 4. The maximum atomic E-state index is 11.9. The Morgan fingerprint density at radius 1 is 1.71 bits per heavy atom. The number of nitrogen functional groups attached to an aromatic ring is 1. The number of ether oxygens (including phenoxy) is 1. The molecule has 1 aromatic rings. The van der Waals surface area contributed by atoms with Gasteiger partial charge in [0.1, 0.15) is 5.69 Å². The fraction of sp³-hybridized carbons (Fsp3) is 0.636. The monoisotopic (exact) mass is 238 g/mol. The molecule has 0 aliphatic heterocycles. The molecule has 0 spiro atoms. The fourth-order valence-corrected chi connectivity index (χ4v) is 1.50. The van der Waals surface area contributed by atoms with Crippen LogP contribution in [0.2, 0.25) is 0 Å². The Labute approximate surface area is 100 Å². The van der Waals surface area contributed by atoms with Gasteiger partial charge in [-0.25, -0.2) is 0 Å². The number of aromatic amines is 1. The van der Waals surface area contributed by atoms with E-state index < -0.39 is 0 Å². The van der Waals surface area contributed by atoms with Gasteiger partial charge in [0.15, 0.2) is 0 Å². The molecule has 0 bridgehead atoms. The van der Waals surface area contributed by atoms with Crippen LogP contribution in [0, 0.1) is 5.92 Å². The molecule has 1 aliphatic rings. The zero-order chi connectivity index (χ0) is 12.3. The zero-order valence-corrected chi connectivity index (χ0v) is 9.98. The molecule has 0 atom stereocenters. The number of carbonyl (C=O) groups is 1. The molecule has 17 heavy (non-hydrogen) atoms. The quantitative estimate of drug-likeness (QED) is 0.706. The molecule has 3 N–H and O–H groups in total. The highest BCUT2D eigenvalue weighted by Gasteiger charge is 2.21. The van der Waals surface area contributed by atoms with Crippen molar-refractivity contribution in [1.29, 1.82) is 0 Å². The second kappa shape index (κ2) is 5.18. The summed E-state index contributed by atoms with van der Waals surface area (Å²) >= 11 is 0. The van der Waals surface area contributed by atoms with E-state index in [-0.39, 0.29) is 5.91 Å². The molecule has 1 aromatic heterocycles. The standard InChI is InChI=1S/C11H18N4O2/c1-15(4-5-17-7-8-2-3-8)11(16)10-9(12)6-13-14-10/h6,8H,2-5,7,12H2,1H3,(H,13,14). The predicted octanol–water partition coefficient (Wildman–Crippen LogP) is 0.491. The van der Waals surface area contributed by atoms with Gasteiger partial charge in [0.2, 0.25) is 0 Å². The van der Waals surface area contributed by atoms with Crippen molar-refractivity contribution >= 4 is 11.6 Å². The lowest BCUT2D eigenvalue weighted by molar-refractivity contribution is 0.0677. The summed E-state index contributed by atoms with van der Waals surface area (Å²) in [6.07, 6.45) is 3.99. The lowest BCUT2D eigenvalue weighted by Crippen LogP contribution is -2.31. The molecule has 6 nitrogen and oxygen atoms in total. The van der Waals surface area contributed by atoms with Crippen LogP contribution in [0.3, 0.4) is 0 Å². The Bertz CT molecular complexity index is 387. The van der Waals surface area contributed by atoms with Crippen molar-refractivity contribution in [1.82, 2.24) is 15.1 Å². The minimum Gasteiger partial charge on any atom is -0.396 e. The molecular formula is C11H18N4O2. The molecule has 2 rings (SSSR count). The van der Waals surface area contributed by atoms with Crippen molar-refractivity contribution in [2.24, 2.45) is 5.92 Å². The molecular weight excluding hydrogens is 220 g/mol. The predicted molar refractivity (Wildman–Crippen MR) is 63.5 cm³/mol. The van der Waals surface area contributed by atoms with Crippen LogP contribution in [0.1, 0.15) is 23.3 Å². The Morgan fingerprint density at radius 2 is 2.47 bits per heavy atom. The largest absolute Gasteiger partial charge is 0.396 e. The normalized spacial score (nSPS) is 14.9. The maximum Gasteiger partial charge on any atom is 0.273 e. The molecule has 1 heterocycles. The summed E-state index contributed by atoms with van der Waals surface area (Å²) in [5.74, 6) is 0.592. The lowest BCUT2D eigenvalue weighted by atomic mass is 10.3. The molecule has 1 saturated carbocycles. The van der Waals surface area contributed by atoms with Gasteiger partial charge in [-0.2, -0.15) is 5.10 Å². The third-order valence-corrected chi connectivity index (χ3v) is 2.85. The van der Waals surface area contributed by atoms with Crippen LogP contribution in [0.25, 0.3) is 0 Å². The second-order valence-electron chi connectivity index (χ2n) is 4.45. The molecule has 1 fully saturated rings. The number of carbonyl (C=O) groups excluding carboxylic acids is 1. The van der Waals surface area contributed by atoms with Gasteiger partial charge in [0.25, 0.3) is 5.91 Å². The summed E-state index contributed by atoms with van der Waals surface area (Å²) in [6.45, 7) is 1.94. The Balaban J connectivity index is 1.72. The molecule has 94 valence electrons. The first kappa shape index (κ1) is 11.9. The van der Waals surface area contributed by atoms with Crippen molar-refractivity contribution in [2.45, 2.75) is 12.8 Å². The van der Waals surface area contributed by atoms with E-state index in [1.165, 1.54) is 19.0 Å². The van der Waals surface area contributed by atoms with Crippen molar-refractivity contribution in [3.8, 4) is 0 Å². The number of hydrogen-bond donors (Lipinski definition) is 2. The number of aromatic nitrogens is 2. The number of amides is 1. The Morgan fingerprint density at radius 3 is 3.06 bits per heavy atom. The van der Waals surface area contributed by atoms with Gasteiger partial charge < -0.3 is 15.4 Å². The molecule has 1 amide bonds. The van der Waals surface area contributed by atoms with Gasteiger partial charge in [-0.1, -0.05) is 0 Å². The summed E-state index contributed by atoms with van der Waals surface area (Å²) in [4.78, 5) is 13.5. The van der Waals surface area contributed by atoms with Gasteiger partial charge >= 0.3 is 0 Å². The second-order valence-corrected chi connectivity index (χ2v) is 4.45. The average molecular weight is 238 g/mol. The van der Waals surface area contributed by atoms with E-state index >= 15 is 0 Å². The fourth-order valence-electron chi connectivity index (χ4n) is 1.50. The van der Waals surface area contributed by atoms with Crippen LogP contribution in [0.15, 0.2) is 6.20 Å². The summed E-state index contributed by atoms with van der Waals surface area (Å²) in [5.41, 5.74) is 6.33. The summed E-state index contributed by atoms with van der Waals surface area (Å²) in [5, 5.41) is 6.32. The highest BCUT2D eigenvalue weighted by Crippen LogP contribution is 2.28. The molecule has 6 heteroatoms. The van der Waals surface area contributed by atoms with Crippen molar-refractivity contribution in [3.63, 3.8) is 0 Å². The molecule has 0 unspecified atom stereocenters. The number of likely N-dealkylation sites (N-methyl/N-ethyl adjacent to an activating group) is 1.